The van der Waals surface area contributed by atoms with Crippen LogP contribution in [-0.2, 0) is 17.3 Å². The quantitative estimate of drug-likeness (QED) is 0.349. The van der Waals surface area contributed by atoms with Crippen LogP contribution in [0.5, 0.6) is 5.75 Å². The van der Waals surface area contributed by atoms with Crippen molar-refractivity contribution in [1.29, 1.82) is 0 Å². The Morgan fingerprint density at radius 3 is 2.38 bits per heavy atom. The Balaban J connectivity index is 1.58. The van der Waals surface area contributed by atoms with Crippen LogP contribution in [0.2, 0.25) is 0 Å². The number of carbonyl (C=O) groups is 1. The first-order valence-electron chi connectivity index (χ1n) is 9.86. The lowest BCUT2D eigenvalue weighted by Gasteiger charge is -2.13. The minimum atomic E-state index is -4.70. The van der Waals surface area contributed by atoms with E-state index >= 15 is 0 Å². The molecule has 0 saturated carbocycles. The van der Waals surface area contributed by atoms with Gasteiger partial charge < -0.3 is 18.5 Å². The van der Waals surface area contributed by atoms with E-state index in [2.05, 4.69) is 19.8 Å². The van der Waals surface area contributed by atoms with E-state index in [0.29, 0.717) is 36.5 Å². The lowest BCUT2D eigenvalue weighted by Crippen LogP contribution is -2.11. The van der Waals surface area contributed by atoms with Crippen LogP contribution in [0, 0.1) is 13.8 Å². The number of hydrogen-bond donors (Lipinski definition) is 0. The molecule has 0 unspecified atom stereocenters. The van der Waals surface area contributed by atoms with Gasteiger partial charge in [0.2, 0.25) is 5.82 Å². The summed E-state index contributed by atoms with van der Waals surface area (Å²) in [5, 5.41) is 7.12. The van der Waals surface area contributed by atoms with Crippen molar-refractivity contribution in [2.24, 2.45) is 0 Å². The highest BCUT2D eigenvalue weighted by molar-refractivity contribution is 5.87. The summed E-state index contributed by atoms with van der Waals surface area (Å²) in [7, 11) is 0. The Labute approximate surface area is 181 Å². The van der Waals surface area contributed by atoms with Gasteiger partial charge in [-0.1, -0.05) is 10.3 Å². The van der Waals surface area contributed by atoms with E-state index in [0.717, 1.165) is 11.1 Å². The van der Waals surface area contributed by atoms with E-state index in [4.69, 9.17) is 14.0 Å². The predicted octanol–water partition coefficient (Wildman–Crippen LogP) is 4.94. The third-order valence-electron chi connectivity index (χ3n) is 4.31. The molecule has 0 aliphatic rings. The van der Waals surface area contributed by atoms with E-state index in [1.54, 1.807) is 39.8 Å². The van der Waals surface area contributed by atoms with E-state index in [1.807, 2.05) is 0 Å². The Morgan fingerprint density at radius 2 is 1.78 bits per heavy atom. The van der Waals surface area contributed by atoms with Crippen LogP contribution in [-0.4, -0.2) is 34.0 Å². The van der Waals surface area contributed by atoms with E-state index in [9.17, 15) is 18.0 Å². The van der Waals surface area contributed by atoms with Gasteiger partial charge in [0.15, 0.2) is 5.69 Å². The smallest absolute Gasteiger partial charge is 0.471 e. The van der Waals surface area contributed by atoms with Gasteiger partial charge in [0, 0.05) is 18.1 Å². The second kappa shape index (κ2) is 9.41. The number of nitrogens with zero attached hydrogens (tertiary/aromatic N) is 3. The van der Waals surface area contributed by atoms with Gasteiger partial charge in [0.25, 0.3) is 0 Å². The van der Waals surface area contributed by atoms with Crippen molar-refractivity contribution in [2.75, 3.05) is 6.61 Å². The molecular weight excluding hydrogens is 431 g/mol. The van der Waals surface area contributed by atoms with Gasteiger partial charge in [0.05, 0.1) is 12.7 Å². The number of hydrogen-bond acceptors (Lipinski definition) is 8. The Kier molecular flexibility index (Phi) is 6.85. The molecule has 0 aliphatic heterocycles. The summed E-state index contributed by atoms with van der Waals surface area (Å²) in [5.74, 6) is -0.928. The van der Waals surface area contributed by atoms with Crippen LogP contribution in [0.1, 0.15) is 53.5 Å². The lowest BCUT2D eigenvalue weighted by molar-refractivity contribution is -0.159. The van der Waals surface area contributed by atoms with Gasteiger partial charge >= 0.3 is 18.0 Å². The van der Waals surface area contributed by atoms with E-state index < -0.39 is 18.0 Å². The molecule has 8 nitrogen and oxygen atoms in total. The second-order valence-electron chi connectivity index (χ2n) is 7.44. The van der Waals surface area contributed by atoms with Crippen LogP contribution >= 0.6 is 0 Å². The molecule has 0 atom stereocenters. The molecule has 0 radical (unpaired) electrons. The molecule has 2 aromatic heterocycles. The van der Waals surface area contributed by atoms with Crippen LogP contribution < -0.4 is 4.74 Å². The number of aromatic nitrogens is 3. The molecule has 2 heterocycles. The second-order valence-corrected chi connectivity index (χ2v) is 7.44. The number of alkyl halides is 3. The molecule has 32 heavy (non-hydrogen) atoms. The summed E-state index contributed by atoms with van der Waals surface area (Å²) < 4.78 is 58.4. The first kappa shape index (κ1) is 23.3. The molecule has 11 heteroatoms. The average molecular weight is 453 g/mol. The zero-order chi connectivity index (χ0) is 23.5. The summed E-state index contributed by atoms with van der Waals surface area (Å²) in [6.45, 7) is 7.40. The molecule has 0 aliphatic carbocycles. The van der Waals surface area contributed by atoms with E-state index in [-0.39, 0.29) is 17.6 Å². The highest BCUT2D eigenvalue weighted by atomic mass is 19.4. The van der Waals surface area contributed by atoms with Gasteiger partial charge in [-0.25, -0.2) is 4.79 Å². The number of esters is 1. The van der Waals surface area contributed by atoms with Crippen LogP contribution in [0.4, 0.5) is 13.2 Å². The molecule has 0 bridgehead atoms. The highest BCUT2D eigenvalue weighted by Crippen LogP contribution is 2.32. The molecule has 1 aromatic carbocycles. The van der Waals surface area contributed by atoms with Crippen molar-refractivity contribution in [3.8, 4) is 17.1 Å². The average Bonchev–Trinajstić information content (AvgIpc) is 3.36. The van der Waals surface area contributed by atoms with Crippen LogP contribution in [0.25, 0.3) is 11.4 Å². The fourth-order valence-electron chi connectivity index (χ4n) is 2.98. The van der Waals surface area contributed by atoms with Gasteiger partial charge in [-0.05, 0) is 57.4 Å². The maximum Gasteiger partial charge on any atom is 0.471 e. The number of ether oxygens (including phenoxy) is 2. The van der Waals surface area contributed by atoms with E-state index in [1.165, 1.54) is 6.07 Å². The Morgan fingerprint density at radius 1 is 1.09 bits per heavy atom. The minimum absolute atomic E-state index is 0.118. The topological polar surface area (TPSA) is 100 Å². The molecule has 3 rings (SSSR count). The number of aryl methyl sites for hydroxylation is 3. The summed E-state index contributed by atoms with van der Waals surface area (Å²) in [6.07, 6.45) is -3.85. The van der Waals surface area contributed by atoms with Gasteiger partial charge in [0.1, 0.15) is 11.5 Å². The maximum absolute atomic E-state index is 12.7. The minimum Gasteiger partial charge on any atom is -0.493 e. The number of carbonyl (C=O) groups excluding carboxylic acids is 1. The summed E-state index contributed by atoms with van der Waals surface area (Å²) in [5.41, 5.74) is 1.95. The third-order valence-corrected chi connectivity index (χ3v) is 4.31. The normalized spacial score (nSPS) is 11.8. The van der Waals surface area contributed by atoms with Gasteiger partial charge in [-0.3, -0.25) is 0 Å². The monoisotopic (exact) mass is 453 g/mol. The van der Waals surface area contributed by atoms with Crippen LogP contribution in [0.3, 0.4) is 0 Å². The van der Waals surface area contributed by atoms with Gasteiger partial charge in [-0.2, -0.15) is 18.2 Å². The first-order chi connectivity index (χ1) is 15.0. The summed E-state index contributed by atoms with van der Waals surface area (Å²) >= 11 is 0. The van der Waals surface area contributed by atoms with Gasteiger partial charge in [-0.15, -0.1) is 0 Å². The fraction of sp³-hybridized carbons (Fsp3) is 0.429. The first-order valence-corrected chi connectivity index (χ1v) is 9.86. The van der Waals surface area contributed by atoms with Crippen LogP contribution in [0.15, 0.2) is 27.2 Å². The number of benzene rings is 1. The van der Waals surface area contributed by atoms with Crippen molar-refractivity contribution in [1.82, 2.24) is 15.3 Å². The zero-order valence-corrected chi connectivity index (χ0v) is 17.9. The Hall–Kier alpha value is -3.37. The molecular formula is C21H22F3N3O5. The maximum atomic E-state index is 12.7. The molecule has 172 valence electrons. The zero-order valence-electron chi connectivity index (χ0n) is 17.9. The summed E-state index contributed by atoms with van der Waals surface area (Å²) in [4.78, 5) is 15.2. The van der Waals surface area contributed by atoms with Crippen molar-refractivity contribution < 1.29 is 36.5 Å². The third kappa shape index (κ3) is 5.65. The standard InChI is InChI=1S/C21H22F3N3O5/c1-11(2)30-19(28)16-10-15(31-26-16)6-5-7-29-17-12(3)8-14(9-13(17)4)18-25-20(32-27-18)21(22,23)24/h8-11H,5-7H2,1-4H3. The van der Waals surface area contributed by atoms with Crippen molar-refractivity contribution >= 4 is 5.97 Å². The number of rotatable bonds is 8. The molecule has 0 saturated heterocycles. The lowest BCUT2D eigenvalue weighted by atomic mass is 10.1. The summed E-state index contributed by atoms with van der Waals surface area (Å²) in [6, 6.07) is 4.81. The Bertz CT molecular complexity index is 1070. The molecule has 3 aromatic rings. The molecule has 0 spiro atoms. The highest BCUT2D eigenvalue weighted by Gasteiger charge is 2.38. The van der Waals surface area contributed by atoms with Crippen molar-refractivity contribution in [2.45, 2.75) is 52.8 Å². The molecule has 0 N–H and O–H groups in total. The SMILES string of the molecule is Cc1cc(-c2noc(C(F)(F)F)n2)cc(C)c1OCCCc1cc(C(=O)OC(C)C)no1. The number of halogens is 3. The molecule has 0 fully saturated rings. The molecule has 0 amide bonds. The van der Waals surface area contributed by atoms with Crippen molar-refractivity contribution in [3.63, 3.8) is 0 Å². The predicted molar refractivity (Wildman–Crippen MR) is 105 cm³/mol. The van der Waals surface area contributed by atoms with Crippen molar-refractivity contribution in [3.05, 3.63) is 46.7 Å². The largest absolute Gasteiger partial charge is 0.493 e. The fourth-order valence-corrected chi connectivity index (χ4v) is 2.98.